The van der Waals surface area contributed by atoms with Crippen LogP contribution in [0.25, 0.3) is 0 Å². The van der Waals surface area contributed by atoms with Gasteiger partial charge >= 0.3 is 0 Å². The van der Waals surface area contributed by atoms with Gasteiger partial charge in [0.15, 0.2) is 0 Å². The van der Waals surface area contributed by atoms with Crippen LogP contribution in [0.2, 0.25) is 0 Å². The van der Waals surface area contributed by atoms with Gasteiger partial charge in [-0.25, -0.2) is 4.39 Å². The molecule has 1 aliphatic rings. The SMILES string of the molecule is CC1(c2ccccc2F)Cn2cccc2C(N)=N1. The van der Waals surface area contributed by atoms with Gasteiger partial charge in [0, 0.05) is 11.8 Å². The molecule has 2 heterocycles. The second-order valence-electron chi connectivity index (χ2n) is 4.77. The van der Waals surface area contributed by atoms with E-state index in [1.165, 1.54) is 6.07 Å². The minimum Gasteiger partial charge on any atom is -0.382 e. The van der Waals surface area contributed by atoms with Gasteiger partial charge in [-0.1, -0.05) is 18.2 Å². The van der Waals surface area contributed by atoms with Crippen LogP contribution in [-0.4, -0.2) is 10.4 Å². The Hall–Kier alpha value is -2.10. The van der Waals surface area contributed by atoms with Crippen LogP contribution in [0, 0.1) is 5.82 Å². The van der Waals surface area contributed by atoms with Gasteiger partial charge in [-0.15, -0.1) is 0 Å². The van der Waals surface area contributed by atoms with Crippen LogP contribution in [0.5, 0.6) is 0 Å². The third kappa shape index (κ3) is 1.53. The van der Waals surface area contributed by atoms with Gasteiger partial charge < -0.3 is 10.3 Å². The summed E-state index contributed by atoms with van der Waals surface area (Å²) < 4.78 is 15.9. The first-order chi connectivity index (χ1) is 8.60. The van der Waals surface area contributed by atoms with Gasteiger partial charge in [-0.2, -0.15) is 0 Å². The summed E-state index contributed by atoms with van der Waals surface area (Å²) in [5.74, 6) is 0.212. The number of halogens is 1. The van der Waals surface area contributed by atoms with E-state index in [4.69, 9.17) is 5.73 Å². The maximum absolute atomic E-state index is 13.9. The first-order valence-electron chi connectivity index (χ1n) is 5.86. The third-order valence-electron chi connectivity index (χ3n) is 3.39. The van der Waals surface area contributed by atoms with Gasteiger partial charge in [0.1, 0.15) is 17.2 Å². The number of rotatable bonds is 1. The topological polar surface area (TPSA) is 43.3 Å². The molecule has 0 saturated carbocycles. The average Bonchev–Trinajstić information content (AvgIpc) is 2.77. The molecule has 18 heavy (non-hydrogen) atoms. The second kappa shape index (κ2) is 3.70. The molecule has 2 aromatic rings. The van der Waals surface area contributed by atoms with Crippen molar-refractivity contribution >= 4 is 5.84 Å². The van der Waals surface area contributed by atoms with E-state index in [1.807, 2.05) is 35.9 Å². The Morgan fingerprint density at radius 2 is 2.06 bits per heavy atom. The van der Waals surface area contributed by atoms with E-state index in [1.54, 1.807) is 12.1 Å². The highest BCUT2D eigenvalue weighted by atomic mass is 19.1. The monoisotopic (exact) mass is 243 g/mol. The largest absolute Gasteiger partial charge is 0.382 e. The maximum atomic E-state index is 13.9. The van der Waals surface area contributed by atoms with Gasteiger partial charge in [-0.05, 0) is 25.1 Å². The number of nitrogens with two attached hydrogens (primary N) is 1. The number of hydrogen-bond acceptors (Lipinski definition) is 2. The van der Waals surface area contributed by atoms with Crippen molar-refractivity contribution in [2.24, 2.45) is 10.7 Å². The summed E-state index contributed by atoms with van der Waals surface area (Å²) in [5.41, 5.74) is 6.78. The lowest BCUT2D eigenvalue weighted by molar-refractivity contribution is 0.385. The van der Waals surface area contributed by atoms with Gasteiger partial charge in [0.25, 0.3) is 0 Å². The Kier molecular flexibility index (Phi) is 2.26. The van der Waals surface area contributed by atoms with E-state index in [9.17, 15) is 4.39 Å². The number of benzene rings is 1. The van der Waals surface area contributed by atoms with E-state index < -0.39 is 5.54 Å². The molecule has 0 aliphatic carbocycles. The molecule has 3 nitrogen and oxygen atoms in total. The highest BCUT2D eigenvalue weighted by Gasteiger charge is 2.33. The van der Waals surface area contributed by atoms with E-state index in [0.717, 1.165) is 5.69 Å². The zero-order valence-electron chi connectivity index (χ0n) is 10.1. The summed E-state index contributed by atoms with van der Waals surface area (Å²) in [5, 5.41) is 0. The van der Waals surface area contributed by atoms with Gasteiger partial charge in [0.05, 0.1) is 12.2 Å². The third-order valence-corrected chi connectivity index (χ3v) is 3.39. The number of hydrogen-bond donors (Lipinski definition) is 1. The van der Waals surface area contributed by atoms with Crippen LogP contribution >= 0.6 is 0 Å². The molecule has 3 rings (SSSR count). The Bertz CT molecular complexity index is 629. The molecule has 1 aliphatic heterocycles. The molecule has 0 saturated heterocycles. The van der Waals surface area contributed by atoms with Crippen molar-refractivity contribution in [3.8, 4) is 0 Å². The Labute approximate surface area is 105 Å². The fraction of sp³-hybridized carbons (Fsp3) is 0.214. The van der Waals surface area contributed by atoms with Crippen molar-refractivity contribution in [2.75, 3.05) is 0 Å². The van der Waals surface area contributed by atoms with Crippen molar-refractivity contribution in [2.45, 2.75) is 19.0 Å². The molecule has 0 amide bonds. The molecule has 2 N–H and O–H groups in total. The van der Waals surface area contributed by atoms with Crippen LogP contribution in [0.3, 0.4) is 0 Å². The predicted molar refractivity (Wildman–Crippen MR) is 68.9 cm³/mol. The van der Waals surface area contributed by atoms with Gasteiger partial charge in [0.2, 0.25) is 0 Å². The Morgan fingerprint density at radius 3 is 2.83 bits per heavy atom. The van der Waals surface area contributed by atoms with Crippen LogP contribution in [0.1, 0.15) is 18.2 Å². The zero-order chi connectivity index (χ0) is 12.8. The average molecular weight is 243 g/mol. The van der Waals surface area contributed by atoms with E-state index in [-0.39, 0.29) is 5.82 Å². The second-order valence-corrected chi connectivity index (χ2v) is 4.77. The van der Waals surface area contributed by atoms with Crippen LogP contribution < -0.4 is 5.73 Å². The molecule has 0 radical (unpaired) electrons. The van der Waals surface area contributed by atoms with Crippen LogP contribution in [-0.2, 0) is 12.1 Å². The van der Waals surface area contributed by atoms with E-state index in [0.29, 0.717) is 17.9 Å². The molecule has 1 atom stereocenters. The number of aliphatic imine (C=N–C) groups is 1. The molecular weight excluding hydrogens is 229 g/mol. The molecule has 0 spiro atoms. The molecule has 1 unspecified atom stereocenters. The summed E-state index contributed by atoms with van der Waals surface area (Å²) in [4.78, 5) is 4.49. The molecular formula is C14H14FN3. The number of amidine groups is 1. The van der Waals surface area contributed by atoms with E-state index >= 15 is 0 Å². The summed E-state index contributed by atoms with van der Waals surface area (Å²) in [7, 11) is 0. The normalized spacial score (nSPS) is 22.4. The number of nitrogens with zero attached hydrogens (tertiary/aromatic N) is 2. The van der Waals surface area contributed by atoms with Crippen molar-refractivity contribution < 1.29 is 4.39 Å². The zero-order valence-corrected chi connectivity index (χ0v) is 10.1. The van der Waals surface area contributed by atoms with Crippen molar-refractivity contribution in [1.82, 2.24) is 4.57 Å². The summed E-state index contributed by atoms with van der Waals surface area (Å²) >= 11 is 0. The lowest BCUT2D eigenvalue weighted by atomic mass is 9.90. The maximum Gasteiger partial charge on any atom is 0.143 e. The fourth-order valence-corrected chi connectivity index (χ4v) is 2.52. The molecule has 4 heteroatoms. The first kappa shape index (κ1) is 11.0. The van der Waals surface area contributed by atoms with Crippen molar-refractivity contribution in [3.63, 3.8) is 0 Å². The summed E-state index contributed by atoms with van der Waals surface area (Å²) in [6, 6.07) is 10.6. The first-order valence-corrected chi connectivity index (χ1v) is 5.86. The van der Waals surface area contributed by atoms with Crippen LogP contribution in [0.4, 0.5) is 4.39 Å². The number of aromatic nitrogens is 1. The summed E-state index contributed by atoms with van der Waals surface area (Å²) in [6.45, 7) is 2.50. The highest BCUT2D eigenvalue weighted by molar-refractivity contribution is 5.97. The lowest BCUT2D eigenvalue weighted by Crippen LogP contribution is -2.37. The van der Waals surface area contributed by atoms with Gasteiger partial charge in [-0.3, -0.25) is 4.99 Å². The van der Waals surface area contributed by atoms with Crippen molar-refractivity contribution in [1.29, 1.82) is 0 Å². The molecule has 1 aromatic heterocycles. The minimum atomic E-state index is -0.651. The highest BCUT2D eigenvalue weighted by Crippen LogP contribution is 2.33. The Morgan fingerprint density at radius 1 is 1.28 bits per heavy atom. The number of fused-ring (bicyclic) bond motifs is 1. The Balaban J connectivity index is 2.14. The molecule has 0 fully saturated rings. The minimum absolute atomic E-state index is 0.243. The molecule has 1 aromatic carbocycles. The predicted octanol–water partition coefficient (Wildman–Crippen LogP) is 2.26. The van der Waals surface area contributed by atoms with Crippen LogP contribution in [0.15, 0.2) is 47.6 Å². The molecule has 92 valence electrons. The quantitative estimate of drug-likeness (QED) is 0.820. The summed E-state index contributed by atoms with van der Waals surface area (Å²) in [6.07, 6.45) is 1.94. The standard InChI is InChI=1S/C14H14FN3/c1-14(10-5-2-3-6-11(10)15)9-18-8-4-7-12(18)13(16)17-14/h2-8H,9H2,1H3,(H2,16,17). The lowest BCUT2D eigenvalue weighted by Gasteiger charge is -2.32. The van der Waals surface area contributed by atoms with Crippen molar-refractivity contribution in [3.05, 3.63) is 59.7 Å². The van der Waals surface area contributed by atoms with E-state index in [2.05, 4.69) is 4.99 Å². The fourth-order valence-electron chi connectivity index (χ4n) is 2.52. The molecule has 0 bridgehead atoms. The smallest absolute Gasteiger partial charge is 0.143 e.